The third-order valence-electron chi connectivity index (χ3n) is 0.830. The smallest absolute Gasteiger partial charge is 0.200 e. The van der Waals surface area contributed by atoms with Gasteiger partial charge in [-0.2, -0.15) is 7.11 Å². The number of rotatable bonds is 1. The average Bonchev–Trinajstić information content (AvgIpc) is 2.14. The third-order valence-corrected chi connectivity index (χ3v) is 0.830. The van der Waals surface area contributed by atoms with Crippen molar-refractivity contribution in [1.82, 2.24) is 10.2 Å². The molecule has 0 aromatic carbocycles. The number of nitrogens with one attached hydrogen (secondary N) is 1. The maximum Gasteiger partial charge on any atom is 0.200 e. The molecule has 1 heterocycles. The van der Waals surface area contributed by atoms with E-state index in [0.29, 0.717) is 5.88 Å². The van der Waals surface area contributed by atoms with Crippen molar-refractivity contribution in [3.05, 3.63) is 18.9 Å². The van der Waals surface area contributed by atoms with E-state index in [1.54, 1.807) is 6.07 Å². The number of aromatic amines is 1. The molecule has 0 aliphatic rings. The van der Waals surface area contributed by atoms with Crippen molar-refractivity contribution < 1.29 is 38.3 Å². The average molecular weight is 496 g/mol. The van der Waals surface area contributed by atoms with Crippen molar-refractivity contribution in [2.24, 2.45) is 0 Å². The molecule has 0 saturated carbocycles. The maximum absolute atomic E-state index is 4.54. The summed E-state index contributed by atoms with van der Waals surface area (Å²) in [6.07, 6.45) is 0. The Morgan fingerprint density at radius 3 is 2.27 bits per heavy atom. The summed E-state index contributed by atoms with van der Waals surface area (Å²) in [5, 5.41) is 6.43. The van der Waals surface area contributed by atoms with Crippen LogP contribution < -0.4 is 4.74 Å². The Morgan fingerprint density at radius 1 is 1.55 bits per heavy atom. The Morgan fingerprint density at radius 2 is 2.09 bits per heavy atom. The fourth-order valence-corrected chi connectivity index (χ4v) is 0.467. The molecule has 0 unspecified atom stereocenters. The van der Waals surface area contributed by atoms with E-state index in [1.165, 1.54) is 0 Å². The van der Waals surface area contributed by atoms with Gasteiger partial charge in [-0.1, -0.05) is 0 Å². The van der Waals surface area contributed by atoms with Gasteiger partial charge >= 0.3 is 0 Å². The number of ether oxygens (including phenoxy) is 1. The van der Waals surface area contributed by atoms with Crippen LogP contribution in [0.4, 0.5) is 0 Å². The Kier molecular flexibility index (Phi) is 10.7. The molecule has 1 aromatic heterocycles. The van der Waals surface area contributed by atoms with Crippen LogP contribution in [0.2, 0.25) is 0 Å². The normalized spacial score (nSPS) is 6.73. The van der Waals surface area contributed by atoms with Crippen molar-refractivity contribution >= 4 is 0 Å². The van der Waals surface area contributed by atoms with Crippen LogP contribution in [0.3, 0.4) is 0 Å². The second kappa shape index (κ2) is 7.13. The molecule has 1 rings (SSSR count). The van der Waals surface area contributed by atoms with Gasteiger partial charge in [-0.3, -0.25) is 5.10 Å². The Labute approximate surface area is 80.3 Å². The standard InChI is InChI=1S/C5H7N2O.2Co.Rf/c1-4-3-5(8-2)7-6-4;;;/h3H,2H2,1H3,(H,6,7);;;/q-1;;;. The SMILES string of the molecule is [CH2-]Oc1cc(C)[nH]n1.[Co].[Co].[Rf]. The van der Waals surface area contributed by atoms with E-state index in [9.17, 15) is 0 Å². The second-order valence-corrected chi connectivity index (χ2v) is 1.53. The van der Waals surface area contributed by atoms with Crippen LogP contribution in [-0.4, -0.2) is 10.2 Å². The van der Waals surface area contributed by atoms with Crippen LogP contribution in [0, 0.1) is 14.0 Å². The van der Waals surface area contributed by atoms with Gasteiger partial charge in [0.05, 0.1) is 0 Å². The predicted octanol–water partition coefficient (Wildman–Crippen LogP) is 0.884. The molecular weight excluding hydrogens is 489 g/mol. The fourth-order valence-electron chi connectivity index (χ4n) is 0.467. The molecular formula is C5H7Co2N2ORf-. The minimum atomic E-state index is 0. The Balaban J connectivity index is -0.000000213. The number of H-pyrrole nitrogens is 1. The molecule has 0 saturated heterocycles. The van der Waals surface area contributed by atoms with E-state index in [1.807, 2.05) is 6.92 Å². The fraction of sp³-hybridized carbons (Fsp3) is 0.200. The van der Waals surface area contributed by atoms with Gasteiger partial charge in [-0.25, -0.2) is 0 Å². The second-order valence-electron chi connectivity index (χ2n) is 1.53. The molecule has 0 fully saturated rings. The van der Waals surface area contributed by atoms with Gasteiger partial charge in [-0.15, -0.1) is 5.10 Å². The predicted molar refractivity (Wildman–Crippen MR) is 29.3 cm³/mol. The first-order chi connectivity index (χ1) is 3.83. The molecule has 0 atom stereocenters. The largest absolute Gasteiger partial charge is 0.651 e. The summed E-state index contributed by atoms with van der Waals surface area (Å²) in [5.41, 5.74) is 0.976. The summed E-state index contributed by atoms with van der Waals surface area (Å²) in [4.78, 5) is 0. The first kappa shape index (κ1) is 16.5. The summed E-state index contributed by atoms with van der Waals surface area (Å²) in [6.45, 7) is 1.90. The van der Waals surface area contributed by atoms with Crippen molar-refractivity contribution in [1.29, 1.82) is 0 Å². The zero-order valence-corrected chi connectivity index (χ0v) is 14.5. The summed E-state index contributed by atoms with van der Waals surface area (Å²) in [5.74, 6) is 0.530. The topological polar surface area (TPSA) is 37.9 Å². The van der Waals surface area contributed by atoms with Crippen molar-refractivity contribution in [2.45, 2.75) is 6.92 Å². The first-order valence-electron chi connectivity index (χ1n) is 2.27. The zero-order valence-electron chi connectivity index (χ0n) is 6.01. The van der Waals surface area contributed by atoms with Gasteiger partial charge in [0.25, 0.3) is 0 Å². The van der Waals surface area contributed by atoms with Crippen molar-refractivity contribution in [3.8, 4) is 5.88 Å². The molecule has 0 spiro atoms. The molecule has 2 radical (unpaired) electrons. The van der Waals surface area contributed by atoms with Crippen molar-refractivity contribution in [3.63, 3.8) is 0 Å². The number of aromatic nitrogens is 2. The molecule has 0 bridgehead atoms. The number of nitrogens with zero attached hydrogens (tertiary/aromatic N) is 1. The van der Waals surface area contributed by atoms with Gasteiger partial charge in [-0.05, 0) is 6.92 Å². The van der Waals surface area contributed by atoms with Gasteiger partial charge in [0.1, 0.15) is 0 Å². The third kappa shape index (κ3) is 4.43. The van der Waals surface area contributed by atoms with Crippen molar-refractivity contribution in [2.75, 3.05) is 0 Å². The molecule has 11 heavy (non-hydrogen) atoms. The molecule has 0 aliphatic heterocycles. The van der Waals surface area contributed by atoms with E-state index >= 15 is 0 Å². The molecule has 0 amide bonds. The summed E-state index contributed by atoms with van der Waals surface area (Å²) in [7, 11) is 3.19. The van der Waals surface area contributed by atoms with E-state index in [0.717, 1.165) is 5.69 Å². The van der Waals surface area contributed by atoms with Crippen LogP contribution in [0.5, 0.6) is 5.88 Å². The molecule has 1 aromatic rings. The molecule has 64 valence electrons. The summed E-state index contributed by atoms with van der Waals surface area (Å²) >= 11 is 0. The van der Waals surface area contributed by atoms with Crippen LogP contribution in [-0.2, 0) is 33.6 Å². The Hall–Kier alpha value is -0.977. The number of hydrogen-bond donors (Lipinski definition) is 1. The van der Waals surface area contributed by atoms with Gasteiger partial charge in [0.15, 0.2) is 0 Å². The van der Waals surface area contributed by atoms with Gasteiger partial charge < -0.3 is 4.74 Å². The minimum Gasteiger partial charge on any atom is -0.651 e. The minimum absolute atomic E-state index is 0. The molecule has 3 nitrogen and oxygen atoms in total. The molecule has 1 N–H and O–H groups in total. The molecule has 6 heteroatoms. The van der Waals surface area contributed by atoms with Crippen LogP contribution in [0.1, 0.15) is 5.69 Å². The van der Waals surface area contributed by atoms with Gasteiger partial charge in [0.2, 0.25) is 5.88 Å². The van der Waals surface area contributed by atoms with Crippen LogP contribution >= 0.6 is 0 Å². The number of aryl methyl sites for hydroxylation is 1. The number of hydrogen-bond acceptors (Lipinski definition) is 2. The van der Waals surface area contributed by atoms with Crippen LogP contribution in [0.15, 0.2) is 6.07 Å². The van der Waals surface area contributed by atoms with Gasteiger partial charge in [0, 0.05) is 45.3 Å². The van der Waals surface area contributed by atoms with E-state index in [-0.39, 0.29) is 33.6 Å². The van der Waals surface area contributed by atoms with Crippen LogP contribution in [0.25, 0.3) is 0 Å². The Bertz CT molecular complexity index is 183. The molecule has 0 aliphatic carbocycles. The van der Waals surface area contributed by atoms with E-state index < -0.39 is 0 Å². The van der Waals surface area contributed by atoms with E-state index in [2.05, 4.69) is 22.0 Å². The quantitative estimate of drug-likeness (QED) is 0.588. The zero-order chi connectivity index (χ0) is 5.98. The van der Waals surface area contributed by atoms with E-state index in [4.69, 9.17) is 0 Å². The summed E-state index contributed by atoms with van der Waals surface area (Å²) < 4.78 is 4.54. The first-order valence-corrected chi connectivity index (χ1v) is 2.27. The monoisotopic (exact) mass is 496 g/mol. The maximum atomic E-state index is 4.54. The summed E-state index contributed by atoms with van der Waals surface area (Å²) in [6, 6.07) is 1.77.